The monoisotopic (exact) mass is 465 g/mol. The van der Waals surface area contributed by atoms with Crippen LogP contribution in [0.5, 0.6) is 11.5 Å². The summed E-state index contributed by atoms with van der Waals surface area (Å²) in [5.74, 6) is 0.307. The molecule has 0 aliphatic carbocycles. The number of imide groups is 1. The van der Waals surface area contributed by atoms with Crippen molar-refractivity contribution in [3.63, 3.8) is 0 Å². The predicted octanol–water partition coefficient (Wildman–Crippen LogP) is 5.23. The second-order valence-electron chi connectivity index (χ2n) is 5.91. The highest BCUT2D eigenvalue weighted by molar-refractivity contribution is 9.10. The topological polar surface area (TPSA) is 55.8 Å². The number of thioether (sulfide) groups is 1. The molecule has 146 valence electrons. The van der Waals surface area contributed by atoms with Crippen molar-refractivity contribution in [1.82, 2.24) is 4.90 Å². The maximum Gasteiger partial charge on any atom is 0.293 e. The number of halogens is 2. The molecular weight excluding hydrogens is 449 g/mol. The molecule has 0 unspecified atom stereocenters. The highest BCUT2D eigenvalue weighted by Crippen LogP contribution is 2.38. The number of rotatable bonds is 6. The Labute approximate surface area is 174 Å². The van der Waals surface area contributed by atoms with Crippen LogP contribution >= 0.6 is 27.7 Å². The van der Waals surface area contributed by atoms with Gasteiger partial charge in [0.25, 0.3) is 11.1 Å². The summed E-state index contributed by atoms with van der Waals surface area (Å²) in [5.41, 5.74) is 1.37. The van der Waals surface area contributed by atoms with Gasteiger partial charge in [-0.15, -0.1) is 0 Å². The van der Waals surface area contributed by atoms with Gasteiger partial charge in [0.1, 0.15) is 12.4 Å². The highest BCUT2D eigenvalue weighted by Gasteiger charge is 2.32. The van der Waals surface area contributed by atoms with E-state index in [1.54, 1.807) is 30.3 Å². The molecule has 5 nitrogen and oxygen atoms in total. The quantitative estimate of drug-likeness (QED) is 0.546. The van der Waals surface area contributed by atoms with Gasteiger partial charge in [-0.2, -0.15) is 0 Å². The van der Waals surface area contributed by atoms with E-state index in [4.69, 9.17) is 9.47 Å². The Morgan fingerprint density at radius 2 is 1.93 bits per heavy atom. The smallest absolute Gasteiger partial charge is 0.293 e. The van der Waals surface area contributed by atoms with Crippen LogP contribution in [0.15, 0.2) is 45.8 Å². The number of hydrogen-bond acceptors (Lipinski definition) is 5. The minimum absolute atomic E-state index is 0.179. The van der Waals surface area contributed by atoms with Gasteiger partial charge in [-0.3, -0.25) is 14.5 Å². The lowest BCUT2D eigenvalue weighted by Gasteiger charge is -2.14. The lowest BCUT2D eigenvalue weighted by Crippen LogP contribution is -2.22. The largest absolute Gasteiger partial charge is 0.490 e. The average molecular weight is 466 g/mol. The van der Waals surface area contributed by atoms with E-state index in [0.717, 1.165) is 16.7 Å². The minimum Gasteiger partial charge on any atom is -0.490 e. The fourth-order valence-electron chi connectivity index (χ4n) is 2.52. The van der Waals surface area contributed by atoms with E-state index in [1.165, 1.54) is 19.2 Å². The molecular formula is C20H17BrFNO4S. The zero-order valence-electron chi connectivity index (χ0n) is 15.2. The van der Waals surface area contributed by atoms with E-state index in [-0.39, 0.29) is 23.6 Å². The summed E-state index contributed by atoms with van der Waals surface area (Å²) in [6.45, 7) is 2.45. The first kappa shape index (κ1) is 20.4. The molecule has 2 amide bonds. The normalized spacial score (nSPS) is 15.4. The van der Waals surface area contributed by atoms with Crippen molar-refractivity contribution in [2.75, 3.05) is 13.7 Å². The number of likely N-dealkylation sites (N-methyl/N-ethyl adjacent to an activating group) is 1. The van der Waals surface area contributed by atoms with Crippen molar-refractivity contribution in [3.05, 3.63) is 62.7 Å². The molecule has 28 heavy (non-hydrogen) atoms. The molecule has 2 aromatic carbocycles. The van der Waals surface area contributed by atoms with Crippen LogP contribution in [-0.2, 0) is 11.4 Å². The molecule has 8 heteroatoms. The van der Waals surface area contributed by atoms with E-state index < -0.39 is 0 Å². The number of hydrogen-bond donors (Lipinski definition) is 0. The Kier molecular flexibility index (Phi) is 6.41. The summed E-state index contributed by atoms with van der Waals surface area (Å²) in [5, 5.41) is -0.313. The minimum atomic E-state index is -0.341. The Morgan fingerprint density at radius 3 is 2.57 bits per heavy atom. The summed E-state index contributed by atoms with van der Waals surface area (Å²) in [6, 6.07) is 9.64. The van der Waals surface area contributed by atoms with Crippen molar-refractivity contribution >= 4 is 44.9 Å². The first-order valence-corrected chi connectivity index (χ1v) is 10.0. The van der Waals surface area contributed by atoms with E-state index >= 15 is 0 Å². The molecule has 1 aliphatic rings. The van der Waals surface area contributed by atoms with Crippen molar-refractivity contribution < 1.29 is 23.5 Å². The Bertz CT molecular complexity index is 963. The number of nitrogens with zero attached hydrogens (tertiary/aromatic N) is 1. The lowest BCUT2D eigenvalue weighted by molar-refractivity contribution is -0.121. The van der Waals surface area contributed by atoms with Gasteiger partial charge in [-0.25, -0.2) is 4.39 Å². The van der Waals surface area contributed by atoms with E-state index in [1.807, 2.05) is 6.92 Å². The number of amides is 2. The number of carbonyl (C=O) groups excluding carboxylic acids is 2. The summed E-state index contributed by atoms with van der Waals surface area (Å²) in [6.07, 6.45) is 1.64. The maximum absolute atomic E-state index is 13.3. The molecule has 0 aromatic heterocycles. The summed E-state index contributed by atoms with van der Waals surface area (Å²) >= 11 is 4.36. The van der Waals surface area contributed by atoms with Gasteiger partial charge in [0, 0.05) is 11.5 Å². The van der Waals surface area contributed by atoms with Crippen LogP contribution in [0.4, 0.5) is 9.18 Å². The zero-order chi connectivity index (χ0) is 20.3. The van der Waals surface area contributed by atoms with Gasteiger partial charge >= 0.3 is 0 Å². The third-order valence-corrected chi connectivity index (χ3v) is 5.57. The molecule has 1 fully saturated rings. The molecule has 0 spiro atoms. The fourth-order valence-corrected chi connectivity index (χ4v) is 3.77. The van der Waals surface area contributed by atoms with Crippen LogP contribution in [0, 0.1) is 5.82 Å². The van der Waals surface area contributed by atoms with Gasteiger partial charge in [0.2, 0.25) is 0 Å². The van der Waals surface area contributed by atoms with Crippen LogP contribution in [-0.4, -0.2) is 29.7 Å². The lowest BCUT2D eigenvalue weighted by atomic mass is 10.1. The molecule has 3 rings (SSSR count). The van der Waals surface area contributed by atoms with Crippen molar-refractivity contribution in [3.8, 4) is 11.5 Å². The van der Waals surface area contributed by atoms with Crippen LogP contribution in [0.3, 0.4) is 0 Å². The van der Waals surface area contributed by atoms with Crippen LogP contribution < -0.4 is 9.47 Å². The molecule has 1 heterocycles. The van der Waals surface area contributed by atoms with Gasteiger partial charge in [-0.05, 0) is 60.2 Å². The molecule has 2 aromatic rings. The van der Waals surface area contributed by atoms with E-state index in [2.05, 4.69) is 15.9 Å². The highest BCUT2D eigenvalue weighted by atomic mass is 79.9. The van der Waals surface area contributed by atoms with E-state index in [9.17, 15) is 14.0 Å². The summed E-state index contributed by atoms with van der Waals surface area (Å²) in [7, 11) is 1.45. The Morgan fingerprint density at radius 1 is 1.18 bits per heavy atom. The first-order valence-electron chi connectivity index (χ1n) is 8.44. The van der Waals surface area contributed by atoms with Gasteiger partial charge in [-0.1, -0.05) is 28.1 Å². The van der Waals surface area contributed by atoms with Crippen molar-refractivity contribution in [2.24, 2.45) is 0 Å². The van der Waals surface area contributed by atoms with Crippen LogP contribution in [0.25, 0.3) is 6.08 Å². The predicted molar refractivity (Wildman–Crippen MR) is 110 cm³/mol. The fraction of sp³-hybridized carbons (Fsp3) is 0.200. The molecule has 0 atom stereocenters. The van der Waals surface area contributed by atoms with Crippen LogP contribution in [0.2, 0.25) is 0 Å². The third kappa shape index (κ3) is 4.56. The molecule has 1 saturated heterocycles. The Balaban J connectivity index is 1.87. The average Bonchev–Trinajstić information content (AvgIpc) is 2.90. The van der Waals surface area contributed by atoms with Crippen molar-refractivity contribution in [1.29, 1.82) is 0 Å². The summed E-state index contributed by atoms with van der Waals surface area (Å²) in [4.78, 5) is 25.2. The third-order valence-electron chi connectivity index (χ3n) is 3.92. The van der Waals surface area contributed by atoms with Gasteiger partial charge in [0.05, 0.1) is 11.5 Å². The molecule has 0 N–H and O–H groups in total. The molecule has 1 aliphatic heterocycles. The standard InChI is InChI=1S/C20H17BrFNO4S/c1-3-26-16-8-13(9-18-19(24)23(2)20(25)28-18)15(21)10-17(16)27-11-12-5-4-6-14(22)7-12/h4-10H,3,11H2,1-2H3/b18-9-. The second-order valence-corrected chi connectivity index (χ2v) is 7.76. The van der Waals surface area contributed by atoms with Crippen LogP contribution in [0.1, 0.15) is 18.1 Å². The zero-order valence-corrected chi connectivity index (χ0v) is 17.6. The summed E-state index contributed by atoms with van der Waals surface area (Å²) < 4.78 is 25.5. The van der Waals surface area contributed by atoms with E-state index in [0.29, 0.717) is 38.6 Å². The SMILES string of the molecule is CCOc1cc(/C=C2\SC(=O)N(C)C2=O)c(Br)cc1OCc1cccc(F)c1. The molecule has 0 radical (unpaired) electrons. The van der Waals surface area contributed by atoms with Crippen molar-refractivity contribution in [2.45, 2.75) is 13.5 Å². The second kappa shape index (κ2) is 8.79. The number of benzene rings is 2. The van der Waals surface area contributed by atoms with Gasteiger partial charge < -0.3 is 9.47 Å². The Hall–Kier alpha value is -2.32. The molecule has 0 saturated carbocycles. The molecule has 0 bridgehead atoms. The van der Waals surface area contributed by atoms with Gasteiger partial charge in [0.15, 0.2) is 11.5 Å². The maximum atomic E-state index is 13.3. The number of ether oxygens (including phenoxy) is 2. The first-order chi connectivity index (χ1) is 13.4. The number of carbonyl (C=O) groups is 2.